The van der Waals surface area contributed by atoms with Crippen LogP contribution >= 0.6 is 23.1 Å². The maximum absolute atomic E-state index is 12.8. The van der Waals surface area contributed by atoms with Crippen LogP contribution in [0.15, 0.2) is 24.3 Å². The predicted molar refractivity (Wildman–Crippen MR) is 85.5 cm³/mol. The van der Waals surface area contributed by atoms with E-state index in [1.807, 2.05) is 0 Å². The summed E-state index contributed by atoms with van der Waals surface area (Å²) in [6.07, 6.45) is -4.37. The first-order valence-electron chi connectivity index (χ1n) is 6.85. The molecule has 2 heterocycles. The lowest BCUT2D eigenvalue weighted by molar-refractivity contribution is -0.137. The van der Waals surface area contributed by atoms with E-state index in [1.165, 1.54) is 17.4 Å². The van der Waals surface area contributed by atoms with Crippen molar-refractivity contribution in [1.82, 2.24) is 19.8 Å². The lowest BCUT2D eigenvalue weighted by Gasteiger charge is -2.06. The number of alkyl halides is 3. The van der Waals surface area contributed by atoms with Crippen LogP contribution in [0.1, 0.15) is 25.2 Å². The molecule has 3 rings (SSSR count). The summed E-state index contributed by atoms with van der Waals surface area (Å²) in [5.74, 6) is 1.36. The van der Waals surface area contributed by atoms with E-state index in [0.29, 0.717) is 32.4 Å². The van der Waals surface area contributed by atoms with E-state index in [4.69, 9.17) is 0 Å². The Morgan fingerprint density at radius 2 is 2.04 bits per heavy atom. The van der Waals surface area contributed by atoms with Gasteiger partial charge in [-0.05, 0) is 17.4 Å². The second-order valence-corrected chi connectivity index (χ2v) is 7.68. The van der Waals surface area contributed by atoms with E-state index < -0.39 is 11.7 Å². The van der Waals surface area contributed by atoms with Gasteiger partial charge in [0, 0.05) is 5.56 Å². The summed E-state index contributed by atoms with van der Waals surface area (Å²) in [6.45, 7) is 4.16. The highest BCUT2D eigenvalue weighted by Gasteiger charge is 2.30. The van der Waals surface area contributed by atoms with Crippen LogP contribution in [-0.4, -0.2) is 25.1 Å². The number of fused-ring (bicyclic) bond motifs is 1. The van der Waals surface area contributed by atoms with Gasteiger partial charge in [-0.3, -0.25) is 0 Å². The van der Waals surface area contributed by atoms with E-state index in [2.05, 4.69) is 29.1 Å². The molecular formula is C14H13F3N4S2. The minimum absolute atomic E-state index is 0.429. The second kappa shape index (κ2) is 6.12. The average molecular weight is 358 g/mol. The summed E-state index contributed by atoms with van der Waals surface area (Å²) in [7, 11) is 0. The highest BCUT2D eigenvalue weighted by molar-refractivity contribution is 7.99. The molecule has 0 aliphatic carbocycles. The average Bonchev–Trinajstić information content (AvgIpc) is 3.05. The Kier molecular flexibility index (Phi) is 4.33. The lowest BCUT2D eigenvalue weighted by atomic mass is 10.1. The Balaban J connectivity index is 1.95. The number of nitrogens with zero attached hydrogens (tertiary/aromatic N) is 4. The normalized spacial score (nSPS) is 12.4. The zero-order valence-corrected chi connectivity index (χ0v) is 14.0. The molecule has 23 heavy (non-hydrogen) atoms. The largest absolute Gasteiger partial charge is 0.416 e. The van der Waals surface area contributed by atoms with E-state index >= 15 is 0 Å². The molecule has 0 spiro atoms. The third-order valence-corrected chi connectivity index (χ3v) is 5.08. The molecule has 0 saturated heterocycles. The van der Waals surface area contributed by atoms with Crippen LogP contribution in [0, 0.1) is 0 Å². The number of hydrogen-bond donors (Lipinski definition) is 0. The van der Waals surface area contributed by atoms with E-state index in [-0.39, 0.29) is 0 Å². The molecule has 2 aromatic heterocycles. The van der Waals surface area contributed by atoms with Crippen molar-refractivity contribution >= 4 is 28.1 Å². The zero-order chi connectivity index (χ0) is 16.6. The molecule has 0 aliphatic rings. The van der Waals surface area contributed by atoms with E-state index in [0.717, 1.165) is 12.1 Å². The fraction of sp³-hybridized carbons (Fsp3) is 0.357. The highest BCUT2D eigenvalue weighted by atomic mass is 32.2. The van der Waals surface area contributed by atoms with Gasteiger partial charge >= 0.3 is 6.18 Å². The number of hydrogen-bond acceptors (Lipinski definition) is 5. The van der Waals surface area contributed by atoms with E-state index in [1.54, 1.807) is 22.3 Å². The minimum Gasteiger partial charge on any atom is -0.186 e. The van der Waals surface area contributed by atoms with Crippen LogP contribution < -0.4 is 0 Å². The standard InChI is InChI=1S/C14H13F3N4S2/c1-8(2)22-7-11-18-19-13-21(11)20-12(23-13)9-4-3-5-10(6-9)14(15,16)17/h3-6,8H,7H2,1-2H3. The summed E-state index contributed by atoms with van der Waals surface area (Å²) < 4.78 is 40.1. The lowest BCUT2D eigenvalue weighted by Crippen LogP contribution is -2.04. The Morgan fingerprint density at radius 1 is 1.26 bits per heavy atom. The van der Waals surface area contributed by atoms with Gasteiger partial charge in [0.25, 0.3) is 0 Å². The van der Waals surface area contributed by atoms with Gasteiger partial charge in [0.1, 0.15) is 5.01 Å². The molecular weight excluding hydrogens is 345 g/mol. The molecule has 122 valence electrons. The smallest absolute Gasteiger partial charge is 0.186 e. The maximum Gasteiger partial charge on any atom is 0.416 e. The van der Waals surface area contributed by atoms with Gasteiger partial charge in [-0.2, -0.15) is 34.5 Å². The van der Waals surface area contributed by atoms with Gasteiger partial charge in [-0.25, -0.2) is 0 Å². The number of halogens is 3. The topological polar surface area (TPSA) is 43.1 Å². The van der Waals surface area contributed by atoms with E-state index in [9.17, 15) is 13.2 Å². The van der Waals surface area contributed by atoms with Crippen molar-refractivity contribution in [3.8, 4) is 10.6 Å². The molecule has 0 N–H and O–H groups in total. The SMILES string of the molecule is CC(C)SCc1nnc2sc(-c3cccc(C(F)(F)F)c3)nn12. The van der Waals surface area contributed by atoms with Crippen molar-refractivity contribution in [2.24, 2.45) is 0 Å². The van der Waals surface area contributed by atoms with Crippen molar-refractivity contribution in [3.63, 3.8) is 0 Å². The quantitative estimate of drug-likeness (QED) is 0.688. The van der Waals surface area contributed by atoms with Crippen LogP contribution in [0.4, 0.5) is 13.2 Å². The van der Waals surface area contributed by atoms with Crippen molar-refractivity contribution in [1.29, 1.82) is 0 Å². The molecule has 0 radical (unpaired) electrons. The molecule has 0 atom stereocenters. The number of aromatic nitrogens is 4. The molecule has 0 bridgehead atoms. The molecule has 1 aromatic carbocycles. The van der Waals surface area contributed by atoms with Crippen molar-refractivity contribution in [2.75, 3.05) is 0 Å². The van der Waals surface area contributed by atoms with Crippen molar-refractivity contribution < 1.29 is 13.2 Å². The Hall–Kier alpha value is -1.61. The van der Waals surface area contributed by atoms with Gasteiger partial charge in [0.2, 0.25) is 4.96 Å². The summed E-state index contributed by atoms with van der Waals surface area (Å²) in [5.41, 5.74) is -0.255. The monoisotopic (exact) mass is 358 g/mol. The molecule has 0 amide bonds. The van der Waals surface area contributed by atoms with Gasteiger partial charge < -0.3 is 0 Å². The Labute approximate surface area is 138 Å². The highest BCUT2D eigenvalue weighted by Crippen LogP contribution is 2.33. The summed E-state index contributed by atoms with van der Waals surface area (Å²) in [4.78, 5) is 0.580. The maximum atomic E-state index is 12.8. The van der Waals surface area contributed by atoms with Crippen LogP contribution in [-0.2, 0) is 11.9 Å². The first-order valence-corrected chi connectivity index (χ1v) is 8.71. The van der Waals surface area contributed by atoms with Crippen molar-refractivity contribution in [2.45, 2.75) is 31.0 Å². The van der Waals surface area contributed by atoms with Crippen LogP contribution in [0.2, 0.25) is 0 Å². The molecule has 0 saturated carbocycles. The molecule has 0 fully saturated rings. The Bertz CT molecular complexity index is 823. The van der Waals surface area contributed by atoms with Gasteiger partial charge in [-0.15, -0.1) is 10.2 Å². The molecule has 9 heteroatoms. The molecule has 4 nitrogen and oxygen atoms in total. The van der Waals surface area contributed by atoms with Crippen molar-refractivity contribution in [3.05, 3.63) is 35.7 Å². The van der Waals surface area contributed by atoms with Gasteiger partial charge in [-0.1, -0.05) is 37.3 Å². The number of thioether (sulfide) groups is 1. The summed E-state index contributed by atoms with van der Waals surface area (Å²) in [5, 5.41) is 13.4. The first kappa shape index (κ1) is 16.3. The fourth-order valence-corrected chi connectivity index (χ4v) is 3.45. The van der Waals surface area contributed by atoms with Gasteiger partial charge in [0.15, 0.2) is 5.82 Å². The predicted octanol–water partition coefficient (Wildman–Crippen LogP) is 4.51. The second-order valence-electron chi connectivity index (χ2n) is 5.16. The zero-order valence-electron chi connectivity index (χ0n) is 12.3. The Morgan fingerprint density at radius 3 is 2.74 bits per heavy atom. The van der Waals surface area contributed by atoms with Crippen LogP contribution in [0.3, 0.4) is 0 Å². The summed E-state index contributed by atoms with van der Waals surface area (Å²) in [6, 6.07) is 5.16. The molecule has 0 unspecified atom stereocenters. The van der Waals surface area contributed by atoms with Crippen LogP contribution in [0.25, 0.3) is 15.5 Å². The molecule has 0 aliphatic heterocycles. The first-order chi connectivity index (χ1) is 10.8. The molecule has 3 aromatic rings. The van der Waals surface area contributed by atoms with Gasteiger partial charge in [0.05, 0.1) is 11.3 Å². The fourth-order valence-electron chi connectivity index (χ4n) is 1.93. The third kappa shape index (κ3) is 3.50. The third-order valence-electron chi connectivity index (χ3n) is 3.04. The number of benzene rings is 1. The summed E-state index contributed by atoms with van der Waals surface area (Å²) >= 11 is 2.93. The number of rotatable bonds is 4. The minimum atomic E-state index is -4.37. The van der Waals surface area contributed by atoms with Crippen LogP contribution in [0.5, 0.6) is 0 Å².